The summed E-state index contributed by atoms with van der Waals surface area (Å²) in [5.41, 5.74) is 1.04. The van der Waals surface area contributed by atoms with Crippen LogP contribution in [0.1, 0.15) is 31.4 Å². The number of carboxylic acids is 1. The number of aliphatic carboxylic acids is 1. The van der Waals surface area contributed by atoms with Crippen LogP contribution >= 0.6 is 34.5 Å². The summed E-state index contributed by atoms with van der Waals surface area (Å²) in [6, 6.07) is 2.10. The average molecular weight is 308 g/mol. The van der Waals surface area contributed by atoms with Crippen molar-refractivity contribution in [1.29, 1.82) is 0 Å². The van der Waals surface area contributed by atoms with Gasteiger partial charge in [-0.25, -0.2) is 0 Å². The van der Waals surface area contributed by atoms with Crippen molar-refractivity contribution in [3.63, 3.8) is 0 Å². The van der Waals surface area contributed by atoms with E-state index in [0.717, 1.165) is 29.4 Å². The minimum Gasteiger partial charge on any atom is -0.481 e. The van der Waals surface area contributed by atoms with Gasteiger partial charge in [0, 0.05) is 24.6 Å². The molecule has 0 aliphatic carbocycles. The number of nitrogens with zero attached hydrogens (tertiary/aromatic N) is 1. The first-order valence-electron chi connectivity index (χ1n) is 5.88. The molecule has 1 aromatic rings. The van der Waals surface area contributed by atoms with E-state index in [4.69, 9.17) is 28.3 Å². The molecule has 3 nitrogen and oxygen atoms in total. The van der Waals surface area contributed by atoms with Crippen molar-refractivity contribution in [3.8, 4) is 0 Å². The molecular formula is C12H15Cl2NO2S. The molecule has 2 atom stereocenters. The number of likely N-dealkylation sites (tertiary alicyclic amines) is 1. The summed E-state index contributed by atoms with van der Waals surface area (Å²) in [6.45, 7) is 3.83. The first-order chi connectivity index (χ1) is 8.47. The predicted molar refractivity (Wildman–Crippen MR) is 74.7 cm³/mol. The Kier molecular flexibility index (Phi) is 4.54. The van der Waals surface area contributed by atoms with Crippen LogP contribution in [0.2, 0.25) is 8.67 Å². The van der Waals surface area contributed by atoms with Crippen molar-refractivity contribution in [2.45, 2.75) is 25.8 Å². The molecule has 1 aliphatic rings. The molecule has 1 saturated heterocycles. The number of carbonyl (C=O) groups is 1. The fourth-order valence-corrected chi connectivity index (χ4v) is 4.10. The van der Waals surface area contributed by atoms with Gasteiger partial charge in [0.15, 0.2) is 0 Å². The Morgan fingerprint density at radius 3 is 2.94 bits per heavy atom. The molecule has 1 fully saturated rings. The Labute approximate surface area is 120 Å². The first kappa shape index (κ1) is 14.1. The molecule has 2 unspecified atom stereocenters. The van der Waals surface area contributed by atoms with Crippen molar-refractivity contribution >= 4 is 40.5 Å². The van der Waals surface area contributed by atoms with Gasteiger partial charge in [-0.1, -0.05) is 23.2 Å². The lowest BCUT2D eigenvalue weighted by molar-refractivity contribution is -0.138. The molecule has 1 aromatic heterocycles. The van der Waals surface area contributed by atoms with E-state index >= 15 is 0 Å². The van der Waals surface area contributed by atoms with E-state index in [-0.39, 0.29) is 18.4 Å². The average Bonchev–Trinajstić information content (AvgIpc) is 2.84. The van der Waals surface area contributed by atoms with Crippen LogP contribution in [0.25, 0.3) is 0 Å². The van der Waals surface area contributed by atoms with Gasteiger partial charge in [-0.15, -0.1) is 11.3 Å². The number of rotatable bonds is 4. The number of thiophene rings is 1. The number of hydrogen-bond acceptors (Lipinski definition) is 3. The zero-order valence-corrected chi connectivity index (χ0v) is 12.4. The first-order valence-corrected chi connectivity index (χ1v) is 7.45. The standard InChI is InChI=1S/C12H15Cl2NO2S/c1-7(9-5-10(13)18-12(9)14)15-3-2-8(6-15)4-11(16)17/h5,7-8H,2-4,6H2,1H3,(H,16,17). The Morgan fingerprint density at radius 2 is 2.39 bits per heavy atom. The third kappa shape index (κ3) is 3.18. The Hall–Kier alpha value is -0.290. The summed E-state index contributed by atoms with van der Waals surface area (Å²) in [5, 5.41) is 8.81. The maximum atomic E-state index is 10.7. The molecule has 0 radical (unpaired) electrons. The second-order valence-electron chi connectivity index (χ2n) is 4.70. The molecule has 0 amide bonds. The molecule has 2 heterocycles. The van der Waals surface area contributed by atoms with E-state index in [1.165, 1.54) is 11.3 Å². The summed E-state index contributed by atoms with van der Waals surface area (Å²) in [7, 11) is 0. The Morgan fingerprint density at radius 1 is 1.67 bits per heavy atom. The maximum Gasteiger partial charge on any atom is 0.303 e. The van der Waals surface area contributed by atoms with E-state index in [2.05, 4.69) is 11.8 Å². The van der Waals surface area contributed by atoms with Crippen LogP contribution in [0.15, 0.2) is 6.07 Å². The normalized spacial score (nSPS) is 22.3. The van der Waals surface area contributed by atoms with Gasteiger partial charge in [0.05, 0.1) is 8.67 Å². The van der Waals surface area contributed by atoms with E-state index in [1.807, 2.05) is 6.07 Å². The van der Waals surface area contributed by atoms with Gasteiger partial charge >= 0.3 is 5.97 Å². The highest BCUT2D eigenvalue weighted by molar-refractivity contribution is 7.20. The zero-order chi connectivity index (χ0) is 13.3. The van der Waals surface area contributed by atoms with Crippen molar-refractivity contribution < 1.29 is 9.90 Å². The van der Waals surface area contributed by atoms with Crippen molar-refractivity contribution in [2.75, 3.05) is 13.1 Å². The lowest BCUT2D eigenvalue weighted by atomic mass is 10.1. The van der Waals surface area contributed by atoms with Gasteiger partial charge in [0.2, 0.25) is 0 Å². The number of hydrogen-bond donors (Lipinski definition) is 1. The van der Waals surface area contributed by atoms with E-state index < -0.39 is 5.97 Å². The predicted octanol–water partition coefficient (Wildman–Crippen LogP) is 3.91. The lowest BCUT2D eigenvalue weighted by Gasteiger charge is -2.24. The zero-order valence-electron chi connectivity index (χ0n) is 10.0. The second kappa shape index (κ2) is 5.78. The second-order valence-corrected chi connectivity index (χ2v) is 6.99. The van der Waals surface area contributed by atoms with Crippen LogP contribution in [-0.4, -0.2) is 29.1 Å². The minimum atomic E-state index is -0.717. The fourth-order valence-electron chi connectivity index (χ4n) is 2.46. The SMILES string of the molecule is CC(c1cc(Cl)sc1Cl)N1CCC(CC(=O)O)C1. The van der Waals surface area contributed by atoms with Gasteiger partial charge in [-0.3, -0.25) is 9.69 Å². The van der Waals surface area contributed by atoms with Gasteiger partial charge in [0.1, 0.15) is 0 Å². The summed E-state index contributed by atoms with van der Waals surface area (Å²) >= 11 is 13.5. The van der Waals surface area contributed by atoms with Crippen LogP contribution in [0.5, 0.6) is 0 Å². The summed E-state index contributed by atoms with van der Waals surface area (Å²) in [4.78, 5) is 13.0. The molecule has 1 N–H and O–H groups in total. The smallest absolute Gasteiger partial charge is 0.303 e. The molecular weight excluding hydrogens is 293 g/mol. The van der Waals surface area contributed by atoms with Crippen LogP contribution < -0.4 is 0 Å². The van der Waals surface area contributed by atoms with Crippen LogP contribution in [0.3, 0.4) is 0 Å². The van der Waals surface area contributed by atoms with Gasteiger partial charge in [-0.05, 0) is 31.9 Å². The molecule has 6 heteroatoms. The van der Waals surface area contributed by atoms with Gasteiger partial charge < -0.3 is 5.11 Å². The van der Waals surface area contributed by atoms with Crippen molar-refractivity contribution in [2.24, 2.45) is 5.92 Å². The molecule has 2 rings (SSSR count). The molecule has 0 spiro atoms. The third-order valence-electron chi connectivity index (χ3n) is 3.46. The van der Waals surface area contributed by atoms with Gasteiger partial charge in [-0.2, -0.15) is 0 Å². The van der Waals surface area contributed by atoms with E-state index in [9.17, 15) is 4.79 Å². The highest BCUT2D eigenvalue weighted by Crippen LogP contribution is 2.38. The Bertz CT molecular complexity index is 449. The summed E-state index contributed by atoms with van der Waals surface area (Å²) in [6.07, 6.45) is 1.19. The van der Waals surface area contributed by atoms with E-state index in [1.54, 1.807) is 0 Å². The highest BCUT2D eigenvalue weighted by Gasteiger charge is 2.29. The largest absolute Gasteiger partial charge is 0.481 e. The number of carboxylic acid groups (broad SMARTS) is 1. The fraction of sp³-hybridized carbons (Fsp3) is 0.583. The molecule has 0 aromatic carbocycles. The maximum absolute atomic E-state index is 10.7. The van der Waals surface area contributed by atoms with Crippen molar-refractivity contribution in [1.82, 2.24) is 4.90 Å². The Balaban J connectivity index is 2.01. The topological polar surface area (TPSA) is 40.5 Å². The lowest BCUT2D eigenvalue weighted by Crippen LogP contribution is -2.24. The molecule has 1 aliphatic heterocycles. The third-order valence-corrected chi connectivity index (χ3v) is 4.98. The summed E-state index contributed by atoms with van der Waals surface area (Å²) < 4.78 is 1.43. The van der Waals surface area contributed by atoms with Crippen LogP contribution in [0.4, 0.5) is 0 Å². The quantitative estimate of drug-likeness (QED) is 0.916. The summed E-state index contributed by atoms with van der Waals surface area (Å²) in [5.74, 6) is -0.469. The monoisotopic (exact) mass is 307 g/mol. The van der Waals surface area contributed by atoms with Crippen LogP contribution in [-0.2, 0) is 4.79 Å². The van der Waals surface area contributed by atoms with Crippen LogP contribution in [0, 0.1) is 5.92 Å². The highest BCUT2D eigenvalue weighted by atomic mass is 35.5. The molecule has 0 saturated carbocycles. The van der Waals surface area contributed by atoms with Crippen molar-refractivity contribution in [3.05, 3.63) is 20.3 Å². The molecule has 0 bridgehead atoms. The molecule has 18 heavy (non-hydrogen) atoms. The molecule has 100 valence electrons. The minimum absolute atomic E-state index is 0.194. The van der Waals surface area contributed by atoms with Gasteiger partial charge in [0.25, 0.3) is 0 Å². The van der Waals surface area contributed by atoms with E-state index in [0.29, 0.717) is 4.34 Å². The number of halogens is 2.